The molecule has 0 atom stereocenters. The number of methoxy groups -OCH3 is 1. The van der Waals surface area contributed by atoms with Gasteiger partial charge in [0.1, 0.15) is 11.6 Å². The number of hydrogen-bond donors (Lipinski definition) is 1. The lowest BCUT2D eigenvalue weighted by molar-refractivity contribution is 0.413. The number of hydrogen-bond acceptors (Lipinski definition) is 3. The molecule has 0 fully saturated rings. The molecule has 0 aliphatic rings. The number of halogens is 1. The number of anilines is 1. The van der Waals surface area contributed by atoms with Crippen LogP contribution in [0.5, 0.6) is 5.75 Å². The highest BCUT2D eigenvalue weighted by atomic mass is 19.1. The fourth-order valence-electron chi connectivity index (χ4n) is 1.19. The number of aromatic nitrogens is 2. The summed E-state index contributed by atoms with van der Waals surface area (Å²) in [5.74, 6) is 0.346. The molecule has 2 N–H and O–H groups in total. The molecule has 2 rings (SSSR count). The van der Waals surface area contributed by atoms with E-state index in [0.717, 1.165) is 0 Å². The smallest absolute Gasteiger partial charge is 0.181 e. The molecular weight excluding hydrogens is 173 g/mol. The Balaban J connectivity index is 2.84. The molecule has 0 spiro atoms. The largest absolute Gasteiger partial charge is 0.493 e. The molecule has 2 aromatic rings. The zero-order valence-electron chi connectivity index (χ0n) is 6.99. The van der Waals surface area contributed by atoms with Gasteiger partial charge in [-0.2, -0.15) is 0 Å². The van der Waals surface area contributed by atoms with E-state index >= 15 is 0 Å². The minimum atomic E-state index is -0.408. The van der Waals surface area contributed by atoms with Gasteiger partial charge in [0.25, 0.3) is 0 Å². The lowest BCUT2D eigenvalue weighted by Crippen LogP contribution is -1.96. The molecule has 0 unspecified atom stereocenters. The van der Waals surface area contributed by atoms with Gasteiger partial charge in [0.15, 0.2) is 11.4 Å². The number of pyridine rings is 1. The van der Waals surface area contributed by atoms with Gasteiger partial charge in [0.2, 0.25) is 0 Å². The van der Waals surface area contributed by atoms with E-state index in [1.54, 1.807) is 0 Å². The molecule has 68 valence electrons. The van der Waals surface area contributed by atoms with Crippen LogP contribution in [0.15, 0.2) is 18.5 Å². The summed E-state index contributed by atoms with van der Waals surface area (Å²) in [7, 11) is 1.46. The van der Waals surface area contributed by atoms with Gasteiger partial charge in [-0.25, -0.2) is 9.37 Å². The predicted octanol–water partition coefficient (Wildman–Crippen LogP) is 1.06. The van der Waals surface area contributed by atoms with Crippen molar-refractivity contribution in [2.75, 3.05) is 12.8 Å². The Morgan fingerprint density at radius 3 is 3.08 bits per heavy atom. The molecule has 0 aromatic carbocycles. The summed E-state index contributed by atoms with van der Waals surface area (Å²) in [5.41, 5.74) is 6.06. The van der Waals surface area contributed by atoms with Gasteiger partial charge in [0.05, 0.1) is 13.3 Å². The third-order valence-electron chi connectivity index (χ3n) is 1.79. The highest BCUT2D eigenvalue weighted by Gasteiger charge is 2.07. The highest BCUT2D eigenvalue weighted by Crippen LogP contribution is 2.21. The first-order chi connectivity index (χ1) is 6.22. The Morgan fingerprint density at radius 2 is 2.38 bits per heavy atom. The van der Waals surface area contributed by atoms with E-state index in [9.17, 15) is 4.39 Å². The average Bonchev–Trinajstić information content (AvgIpc) is 2.47. The second-order valence-corrected chi connectivity index (χ2v) is 2.60. The van der Waals surface area contributed by atoms with Crippen LogP contribution >= 0.6 is 0 Å². The number of nitrogens with two attached hydrogens (primary N) is 1. The lowest BCUT2D eigenvalue weighted by Gasteiger charge is -2.02. The molecule has 5 heteroatoms. The number of nitrogens with zero attached hydrogens (tertiary/aromatic N) is 2. The molecule has 13 heavy (non-hydrogen) atoms. The van der Waals surface area contributed by atoms with Crippen molar-refractivity contribution in [1.29, 1.82) is 0 Å². The van der Waals surface area contributed by atoms with Gasteiger partial charge in [0, 0.05) is 12.3 Å². The van der Waals surface area contributed by atoms with E-state index in [0.29, 0.717) is 17.2 Å². The minimum absolute atomic E-state index is 0.372. The zero-order valence-corrected chi connectivity index (χ0v) is 6.99. The summed E-state index contributed by atoms with van der Waals surface area (Å²) < 4.78 is 19.3. The third-order valence-corrected chi connectivity index (χ3v) is 1.79. The minimum Gasteiger partial charge on any atom is -0.493 e. The second kappa shape index (κ2) is 2.62. The SMILES string of the molecule is COc1cc(F)cn2c(N)cnc12. The monoisotopic (exact) mass is 181 g/mol. The van der Waals surface area contributed by atoms with E-state index < -0.39 is 5.82 Å². The molecule has 0 aliphatic heterocycles. The van der Waals surface area contributed by atoms with Crippen LogP contribution in [0.2, 0.25) is 0 Å². The first-order valence-electron chi connectivity index (χ1n) is 3.68. The van der Waals surface area contributed by atoms with Crippen molar-refractivity contribution in [3.63, 3.8) is 0 Å². The number of nitrogen functional groups attached to an aromatic ring is 1. The topological polar surface area (TPSA) is 52.5 Å². The van der Waals surface area contributed by atoms with Gasteiger partial charge in [-0.15, -0.1) is 0 Å². The predicted molar refractivity (Wildman–Crippen MR) is 46.1 cm³/mol. The summed E-state index contributed by atoms with van der Waals surface area (Å²) in [5, 5.41) is 0. The Labute approximate surface area is 73.8 Å². The Kier molecular flexibility index (Phi) is 1.58. The first kappa shape index (κ1) is 7.85. The molecule has 0 saturated carbocycles. The number of ether oxygens (including phenoxy) is 1. The van der Waals surface area contributed by atoms with Crippen molar-refractivity contribution in [3.8, 4) is 5.75 Å². The van der Waals surface area contributed by atoms with Gasteiger partial charge in [-0.05, 0) is 0 Å². The first-order valence-corrected chi connectivity index (χ1v) is 3.68. The van der Waals surface area contributed by atoms with E-state index in [1.165, 1.54) is 30.0 Å². The fourth-order valence-corrected chi connectivity index (χ4v) is 1.19. The standard InChI is InChI=1S/C8H8FN3O/c1-13-6-2-5(9)4-12-7(10)3-11-8(6)12/h2-4H,10H2,1H3. The van der Waals surface area contributed by atoms with Crippen molar-refractivity contribution >= 4 is 11.5 Å². The summed E-state index contributed by atoms with van der Waals surface area (Å²) >= 11 is 0. The molecule has 4 nitrogen and oxygen atoms in total. The number of rotatable bonds is 1. The van der Waals surface area contributed by atoms with Gasteiger partial charge in [-0.3, -0.25) is 4.40 Å². The molecule has 0 amide bonds. The Hall–Kier alpha value is -1.78. The normalized spacial score (nSPS) is 10.6. The quantitative estimate of drug-likeness (QED) is 0.715. The molecule has 0 saturated heterocycles. The van der Waals surface area contributed by atoms with Crippen molar-refractivity contribution in [3.05, 3.63) is 24.3 Å². The number of imidazole rings is 1. The molecule has 2 heterocycles. The van der Waals surface area contributed by atoms with Crippen molar-refractivity contribution in [2.24, 2.45) is 0 Å². The molecule has 2 aromatic heterocycles. The maximum atomic E-state index is 13.0. The zero-order chi connectivity index (χ0) is 9.42. The van der Waals surface area contributed by atoms with E-state index in [-0.39, 0.29) is 0 Å². The van der Waals surface area contributed by atoms with Crippen LogP contribution in [-0.2, 0) is 0 Å². The van der Waals surface area contributed by atoms with E-state index in [1.807, 2.05) is 0 Å². The van der Waals surface area contributed by atoms with E-state index in [4.69, 9.17) is 10.5 Å². The van der Waals surface area contributed by atoms with Crippen molar-refractivity contribution < 1.29 is 9.13 Å². The van der Waals surface area contributed by atoms with Crippen LogP contribution in [0.25, 0.3) is 5.65 Å². The van der Waals surface area contributed by atoms with Crippen LogP contribution in [0.3, 0.4) is 0 Å². The summed E-state index contributed by atoms with van der Waals surface area (Å²) in [6.45, 7) is 0. The van der Waals surface area contributed by atoms with Crippen LogP contribution in [0, 0.1) is 5.82 Å². The second-order valence-electron chi connectivity index (χ2n) is 2.60. The van der Waals surface area contributed by atoms with Crippen LogP contribution in [-0.4, -0.2) is 16.5 Å². The molecular formula is C8H8FN3O. The number of fused-ring (bicyclic) bond motifs is 1. The Bertz CT molecular complexity index is 452. The maximum Gasteiger partial charge on any atom is 0.181 e. The Morgan fingerprint density at radius 1 is 1.62 bits per heavy atom. The van der Waals surface area contributed by atoms with Crippen LogP contribution in [0.1, 0.15) is 0 Å². The van der Waals surface area contributed by atoms with Crippen molar-refractivity contribution in [1.82, 2.24) is 9.38 Å². The van der Waals surface area contributed by atoms with Crippen LogP contribution in [0.4, 0.5) is 10.2 Å². The summed E-state index contributed by atoms with van der Waals surface area (Å²) in [4.78, 5) is 3.98. The molecule has 0 radical (unpaired) electrons. The van der Waals surface area contributed by atoms with Gasteiger partial charge >= 0.3 is 0 Å². The highest BCUT2D eigenvalue weighted by molar-refractivity contribution is 5.58. The third kappa shape index (κ3) is 1.09. The fraction of sp³-hybridized carbons (Fsp3) is 0.125. The molecule has 0 aliphatic carbocycles. The van der Waals surface area contributed by atoms with E-state index in [2.05, 4.69) is 4.98 Å². The summed E-state index contributed by atoms with van der Waals surface area (Å²) in [6, 6.07) is 1.27. The molecule has 0 bridgehead atoms. The summed E-state index contributed by atoms with van der Waals surface area (Å²) in [6.07, 6.45) is 2.72. The van der Waals surface area contributed by atoms with Crippen molar-refractivity contribution in [2.45, 2.75) is 0 Å². The van der Waals surface area contributed by atoms with Gasteiger partial charge in [-0.1, -0.05) is 0 Å². The maximum absolute atomic E-state index is 13.0. The van der Waals surface area contributed by atoms with Crippen LogP contribution < -0.4 is 10.5 Å². The average molecular weight is 181 g/mol. The van der Waals surface area contributed by atoms with Gasteiger partial charge < -0.3 is 10.5 Å². The lowest BCUT2D eigenvalue weighted by atomic mass is 10.4.